The first-order valence-corrected chi connectivity index (χ1v) is 9.06. The molecule has 0 aromatic carbocycles. The molecule has 2 atom stereocenters. The van der Waals surface area contributed by atoms with Gasteiger partial charge in [0.2, 0.25) is 5.91 Å². The Morgan fingerprint density at radius 2 is 2.08 bits per heavy atom. The van der Waals surface area contributed by atoms with E-state index in [9.17, 15) is 9.59 Å². The summed E-state index contributed by atoms with van der Waals surface area (Å²) in [6.45, 7) is 2.32. The first-order valence-electron chi connectivity index (χ1n) is 9.06. The van der Waals surface area contributed by atoms with Gasteiger partial charge in [0.05, 0.1) is 6.04 Å². The van der Waals surface area contributed by atoms with Crippen LogP contribution in [-0.2, 0) is 4.79 Å². The van der Waals surface area contributed by atoms with E-state index in [4.69, 9.17) is 0 Å². The second-order valence-electron chi connectivity index (χ2n) is 7.11. The zero-order chi connectivity index (χ0) is 18.1. The van der Waals surface area contributed by atoms with Crippen LogP contribution in [0.3, 0.4) is 0 Å². The van der Waals surface area contributed by atoms with E-state index in [1.807, 2.05) is 42.3 Å². The highest BCUT2D eigenvalue weighted by Crippen LogP contribution is 2.44. The SMILES string of the molecule is Cc1cccnc1C(=O)NC[C@@H]1CC(=O)N(C2CC2)[C@H]1c1cccnc1. The molecule has 2 aromatic rings. The molecule has 134 valence electrons. The van der Waals surface area contributed by atoms with Crippen molar-refractivity contribution < 1.29 is 9.59 Å². The number of carbonyl (C=O) groups is 2. The lowest BCUT2D eigenvalue weighted by Crippen LogP contribution is -2.35. The first-order chi connectivity index (χ1) is 12.6. The van der Waals surface area contributed by atoms with Crippen molar-refractivity contribution in [1.82, 2.24) is 20.2 Å². The van der Waals surface area contributed by atoms with E-state index in [0.29, 0.717) is 24.7 Å². The number of aryl methyl sites for hydroxylation is 1. The highest BCUT2D eigenvalue weighted by atomic mass is 16.2. The van der Waals surface area contributed by atoms with Gasteiger partial charge in [0.1, 0.15) is 5.69 Å². The van der Waals surface area contributed by atoms with Crippen molar-refractivity contribution in [2.24, 2.45) is 5.92 Å². The average molecular weight is 350 g/mol. The van der Waals surface area contributed by atoms with Gasteiger partial charge < -0.3 is 10.2 Å². The molecule has 1 saturated carbocycles. The van der Waals surface area contributed by atoms with Crippen molar-refractivity contribution in [3.63, 3.8) is 0 Å². The summed E-state index contributed by atoms with van der Waals surface area (Å²) in [5.74, 6) is 0.0280. The number of nitrogens with zero attached hydrogens (tertiary/aromatic N) is 3. The van der Waals surface area contributed by atoms with Gasteiger partial charge in [-0.3, -0.25) is 19.6 Å². The Bertz CT molecular complexity index is 820. The Labute approximate surface area is 152 Å². The van der Waals surface area contributed by atoms with Crippen molar-refractivity contribution in [3.05, 3.63) is 59.7 Å². The summed E-state index contributed by atoms with van der Waals surface area (Å²) < 4.78 is 0. The molecule has 26 heavy (non-hydrogen) atoms. The summed E-state index contributed by atoms with van der Waals surface area (Å²) in [5, 5.41) is 2.98. The molecular weight excluding hydrogens is 328 g/mol. The molecule has 2 aromatic heterocycles. The first kappa shape index (κ1) is 16.7. The molecule has 2 aliphatic rings. The van der Waals surface area contributed by atoms with Gasteiger partial charge in [-0.1, -0.05) is 12.1 Å². The van der Waals surface area contributed by atoms with Crippen LogP contribution >= 0.6 is 0 Å². The summed E-state index contributed by atoms with van der Waals surface area (Å²) in [5.41, 5.74) is 2.32. The molecule has 1 N–H and O–H groups in total. The molecule has 1 saturated heterocycles. The molecule has 2 fully saturated rings. The third kappa shape index (κ3) is 3.19. The number of amides is 2. The Balaban J connectivity index is 1.52. The minimum Gasteiger partial charge on any atom is -0.350 e. The van der Waals surface area contributed by atoms with Crippen molar-refractivity contribution in [3.8, 4) is 0 Å². The molecule has 0 unspecified atom stereocenters. The molecule has 6 nitrogen and oxygen atoms in total. The number of likely N-dealkylation sites (tertiary alicyclic amines) is 1. The van der Waals surface area contributed by atoms with Crippen LogP contribution < -0.4 is 5.32 Å². The Hall–Kier alpha value is -2.76. The van der Waals surface area contributed by atoms with Crippen LogP contribution in [-0.4, -0.2) is 39.3 Å². The van der Waals surface area contributed by atoms with E-state index in [1.54, 1.807) is 12.4 Å². The maximum atomic E-state index is 12.6. The largest absolute Gasteiger partial charge is 0.350 e. The highest BCUT2D eigenvalue weighted by molar-refractivity contribution is 5.93. The van der Waals surface area contributed by atoms with E-state index in [0.717, 1.165) is 24.0 Å². The van der Waals surface area contributed by atoms with E-state index in [1.165, 1.54) is 0 Å². The monoisotopic (exact) mass is 350 g/mol. The van der Waals surface area contributed by atoms with Gasteiger partial charge in [0, 0.05) is 43.5 Å². The maximum absolute atomic E-state index is 12.6. The van der Waals surface area contributed by atoms with Crippen LogP contribution in [0.4, 0.5) is 0 Å². The molecule has 1 aliphatic carbocycles. The minimum absolute atomic E-state index is 0.0196. The third-order valence-electron chi connectivity index (χ3n) is 5.19. The summed E-state index contributed by atoms with van der Waals surface area (Å²) in [4.78, 5) is 35.5. The number of pyridine rings is 2. The van der Waals surface area contributed by atoms with Gasteiger partial charge in [-0.25, -0.2) is 0 Å². The molecule has 0 spiro atoms. The Morgan fingerprint density at radius 3 is 2.77 bits per heavy atom. The number of carbonyl (C=O) groups excluding carboxylic acids is 2. The predicted octanol–water partition coefficient (Wildman–Crippen LogP) is 2.27. The molecule has 0 radical (unpaired) electrons. The van der Waals surface area contributed by atoms with Crippen LogP contribution in [0.15, 0.2) is 42.9 Å². The van der Waals surface area contributed by atoms with Crippen molar-refractivity contribution in [2.75, 3.05) is 6.54 Å². The Kier molecular flexibility index (Phi) is 4.41. The minimum atomic E-state index is -0.189. The second kappa shape index (κ2) is 6.86. The second-order valence-corrected chi connectivity index (χ2v) is 7.11. The fourth-order valence-electron chi connectivity index (χ4n) is 3.81. The number of hydrogen-bond donors (Lipinski definition) is 1. The summed E-state index contributed by atoms with van der Waals surface area (Å²) in [7, 11) is 0. The van der Waals surface area contributed by atoms with Gasteiger partial charge in [0.15, 0.2) is 0 Å². The van der Waals surface area contributed by atoms with Crippen LogP contribution in [0, 0.1) is 12.8 Å². The van der Waals surface area contributed by atoms with Gasteiger partial charge in [-0.2, -0.15) is 0 Å². The number of aromatic nitrogens is 2. The van der Waals surface area contributed by atoms with Gasteiger partial charge >= 0.3 is 0 Å². The van der Waals surface area contributed by atoms with Gasteiger partial charge in [-0.15, -0.1) is 0 Å². The van der Waals surface area contributed by atoms with Crippen LogP contribution in [0.25, 0.3) is 0 Å². The summed E-state index contributed by atoms with van der Waals surface area (Å²) in [6, 6.07) is 7.92. The molecule has 2 amide bonds. The molecule has 1 aliphatic heterocycles. The lowest BCUT2D eigenvalue weighted by atomic mass is 9.94. The highest BCUT2D eigenvalue weighted by Gasteiger charge is 2.47. The fourth-order valence-corrected chi connectivity index (χ4v) is 3.81. The average Bonchev–Trinajstić information content (AvgIpc) is 3.43. The van der Waals surface area contributed by atoms with Crippen molar-refractivity contribution in [1.29, 1.82) is 0 Å². The summed E-state index contributed by atoms with van der Waals surface area (Å²) >= 11 is 0. The zero-order valence-corrected chi connectivity index (χ0v) is 14.8. The van der Waals surface area contributed by atoms with E-state index < -0.39 is 0 Å². The molecule has 4 rings (SSSR count). The van der Waals surface area contributed by atoms with Crippen molar-refractivity contribution >= 4 is 11.8 Å². The van der Waals surface area contributed by atoms with Crippen LogP contribution in [0.1, 0.15) is 46.9 Å². The normalized spacial score (nSPS) is 22.5. The van der Waals surface area contributed by atoms with Gasteiger partial charge in [-0.05, 0) is 43.0 Å². The predicted molar refractivity (Wildman–Crippen MR) is 96.3 cm³/mol. The third-order valence-corrected chi connectivity index (χ3v) is 5.19. The zero-order valence-electron chi connectivity index (χ0n) is 14.8. The maximum Gasteiger partial charge on any atom is 0.270 e. The van der Waals surface area contributed by atoms with E-state index in [2.05, 4.69) is 15.3 Å². The van der Waals surface area contributed by atoms with Crippen LogP contribution in [0.2, 0.25) is 0 Å². The number of rotatable bonds is 5. The fraction of sp³-hybridized carbons (Fsp3) is 0.400. The molecule has 6 heteroatoms. The quantitative estimate of drug-likeness (QED) is 0.898. The van der Waals surface area contributed by atoms with E-state index >= 15 is 0 Å². The van der Waals surface area contributed by atoms with Gasteiger partial charge in [0.25, 0.3) is 5.91 Å². The molecular formula is C20H22N4O2. The lowest BCUT2D eigenvalue weighted by Gasteiger charge is -2.28. The molecule has 3 heterocycles. The Morgan fingerprint density at radius 1 is 1.27 bits per heavy atom. The standard InChI is InChI=1S/C20H22N4O2/c1-13-4-2-9-22-18(13)20(26)23-12-15-10-17(25)24(16-6-7-16)19(15)14-5-3-8-21-11-14/h2-5,8-9,11,15-16,19H,6-7,10,12H2,1H3,(H,23,26)/t15-,19-/m0/s1. The smallest absolute Gasteiger partial charge is 0.270 e. The van der Waals surface area contributed by atoms with Crippen molar-refractivity contribution in [2.45, 2.75) is 38.3 Å². The summed E-state index contributed by atoms with van der Waals surface area (Å²) in [6.07, 6.45) is 7.77. The lowest BCUT2D eigenvalue weighted by molar-refractivity contribution is -0.129. The van der Waals surface area contributed by atoms with Crippen LogP contribution in [0.5, 0.6) is 0 Å². The number of hydrogen-bond acceptors (Lipinski definition) is 4. The van der Waals surface area contributed by atoms with E-state index in [-0.39, 0.29) is 23.8 Å². The molecule has 0 bridgehead atoms. The topological polar surface area (TPSA) is 75.2 Å². The number of nitrogens with one attached hydrogen (secondary N) is 1.